The summed E-state index contributed by atoms with van der Waals surface area (Å²) in [6.07, 6.45) is 1.14. The minimum atomic E-state index is -3.33. The lowest BCUT2D eigenvalue weighted by atomic mass is 10.1. The highest BCUT2D eigenvalue weighted by atomic mass is 32.2. The van der Waals surface area contributed by atoms with Crippen molar-refractivity contribution in [2.45, 2.75) is 28.4 Å². The van der Waals surface area contributed by atoms with Gasteiger partial charge in [-0.05, 0) is 26.0 Å². The highest BCUT2D eigenvalue weighted by Gasteiger charge is 2.36. The molecule has 17 heavy (non-hydrogen) atoms. The van der Waals surface area contributed by atoms with Crippen molar-refractivity contribution in [2.24, 2.45) is 0 Å². The number of nitrogens with one attached hydrogen (secondary N) is 1. The lowest BCUT2D eigenvalue weighted by molar-refractivity contribution is -0.117. The molecule has 0 aliphatic carbocycles. The van der Waals surface area contributed by atoms with Crippen molar-refractivity contribution in [3.63, 3.8) is 0 Å². The molecule has 1 aromatic carbocycles. The van der Waals surface area contributed by atoms with Gasteiger partial charge in [-0.2, -0.15) is 0 Å². The summed E-state index contributed by atoms with van der Waals surface area (Å²) in [6.45, 7) is 3.62. The number of thioether (sulfide) groups is 1. The number of hydrogen-bond acceptors (Lipinski definition) is 4. The first-order valence-corrected chi connectivity index (χ1v) is 7.76. The number of carbonyl (C=O) groups is 1. The molecule has 0 spiro atoms. The largest absolute Gasteiger partial charge is 0.323 e. The molecule has 1 N–H and O–H groups in total. The maximum absolute atomic E-state index is 11.8. The molecule has 1 heterocycles. The molecule has 92 valence electrons. The Bertz CT molecular complexity index is 591. The molecule has 0 atom stereocenters. The van der Waals surface area contributed by atoms with E-state index in [0.717, 1.165) is 11.2 Å². The van der Waals surface area contributed by atoms with Crippen LogP contribution in [-0.4, -0.2) is 25.3 Å². The quantitative estimate of drug-likeness (QED) is 0.847. The number of benzene rings is 1. The van der Waals surface area contributed by atoms with Crippen molar-refractivity contribution in [2.75, 3.05) is 11.6 Å². The third kappa shape index (κ3) is 2.19. The van der Waals surface area contributed by atoms with Gasteiger partial charge in [-0.1, -0.05) is 6.07 Å². The van der Waals surface area contributed by atoms with Crippen LogP contribution in [0.2, 0.25) is 0 Å². The van der Waals surface area contributed by atoms with E-state index >= 15 is 0 Å². The van der Waals surface area contributed by atoms with Crippen molar-refractivity contribution in [3.05, 3.63) is 18.2 Å². The van der Waals surface area contributed by atoms with Gasteiger partial charge in [-0.3, -0.25) is 4.79 Å². The summed E-state index contributed by atoms with van der Waals surface area (Å²) in [5, 5.41) is 2.69. The highest BCUT2D eigenvalue weighted by molar-refractivity contribution is 8.01. The summed E-state index contributed by atoms with van der Waals surface area (Å²) in [5.74, 6) is -0.175. The molecule has 1 aliphatic heterocycles. The molecule has 0 unspecified atom stereocenters. The van der Waals surface area contributed by atoms with E-state index in [-0.39, 0.29) is 10.8 Å². The summed E-state index contributed by atoms with van der Waals surface area (Å²) in [7, 11) is -3.33. The van der Waals surface area contributed by atoms with Crippen LogP contribution in [0.15, 0.2) is 28.0 Å². The SMILES string of the molecule is CC1(C)Sc2cccc(S(C)(=O)=O)c2NC1=O. The number of amides is 1. The fourth-order valence-corrected chi connectivity index (χ4v) is 3.64. The van der Waals surface area contributed by atoms with Crippen LogP contribution >= 0.6 is 11.8 Å². The number of carbonyl (C=O) groups excluding carboxylic acids is 1. The van der Waals surface area contributed by atoms with E-state index in [1.165, 1.54) is 17.8 Å². The predicted octanol–water partition coefficient (Wildman–Crippen LogP) is 1.91. The summed E-state index contributed by atoms with van der Waals surface area (Å²) >= 11 is 1.38. The lowest BCUT2D eigenvalue weighted by Gasteiger charge is -2.30. The van der Waals surface area contributed by atoms with Gasteiger partial charge >= 0.3 is 0 Å². The second-order valence-corrected chi connectivity index (χ2v) is 8.12. The van der Waals surface area contributed by atoms with Crippen LogP contribution in [0.25, 0.3) is 0 Å². The maximum atomic E-state index is 11.8. The zero-order valence-corrected chi connectivity index (χ0v) is 11.4. The Morgan fingerprint density at radius 3 is 2.53 bits per heavy atom. The molecular formula is C11H13NO3S2. The van der Waals surface area contributed by atoms with Crippen LogP contribution in [0.3, 0.4) is 0 Å². The van der Waals surface area contributed by atoms with Crippen LogP contribution in [0.4, 0.5) is 5.69 Å². The Hall–Kier alpha value is -1.01. The fraction of sp³-hybridized carbons (Fsp3) is 0.364. The average Bonchev–Trinajstić information content (AvgIpc) is 2.16. The van der Waals surface area contributed by atoms with Crippen LogP contribution < -0.4 is 5.32 Å². The van der Waals surface area contributed by atoms with Gasteiger partial charge in [0.1, 0.15) is 0 Å². The number of rotatable bonds is 1. The standard InChI is InChI=1S/C11H13NO3S2/c1-11(2)10(13)12-9-7(16-11)5-4-6-8(9)17(3,14)15/h4-6H,1-3H3,(H,12,13). The van der Waals surface area contributed by atoms with Crippen LogP contribution in [-0.2, 0) is 14.6 Å². The van der Waals surface area contributed by atoms with Gasteiger partial charge in [-0.15, -0.1) is 11.8 Å². The molecule has 1 aliphatic rings. The Labute approximate surface area is 105 Å². The Balaban J connectivity index is 2.63. The minimum Gasteiger partial charge on any atom is -0.323 e. The van der Waals surface area contributed by atoms with Crippen molar-refractivity contribution in [1.82, 2.24) is 0 Å². The molecule has 6 heteroatoms. The first kappa shape index (κ1) is 12.4. The van der Waals surface area contributed by atoms with E-state index in [2.05, 4.69) is 5.32 Å². The monoisotopic (exact) mass is 271 g/mol. The zero-order chi connectivity index (χ0) is 12.8. The third-order valence-electron chi connectivity index (χ3n) is 2.54. The van der Waals surface area contributed by atoms with Crippen molar-refractivity contribution < 1.29 is 13.2 Å². The first-order chi connectivity index (χ1) is 7.72. The van der Waals surface area contributed by atoms with Gasteiger partial charge in [0, 0.05) is 11.2 Å². The molecule has 0 aromatic heterocycles. The van der Waals surface area contributed by atoms with Crippen LogP contribution in [0.5, 0.6) is 0 Å². The molecule has 0 saturated carbocycles. The van der Waals surface area contributed by atoms with Crippen molar-refractivity contribution in [3.8, 4) is 0 Å². The van der Waals surface area contributed by atoms with Crippen molar-refractivity contribution >= 4 is 33.2 Å². The number of para-hydroxylation sites is 1. The Morgan fingerprint density at radius 1 is 1.29 bits per heavy atom. The maximum Gasteiger partial charge on any atom is 0.240 e. The molecule has 0 saturated heterocycles. The molecule has 0 fully saturated rings. The second-order valence-electron chi connectivity index (χ2n) is 4.47. The van der Waals surface area contributed by atoms with Gasteiger partial charge in [0.25, 0.3) is 0 Å². The van der Waals surface area contributed by atoms with E-state index < -0.39 is 14.6 Å². The normalized spacial score (nSPS) is 18.4. The number of anilines is 1. The second kappa shape index (κ2) is 3.74. The Morgan fingerprint density at radius 2 is 1.94 bits per heavy atom. The first-order valence-electron chi connectivity index (χ1n) is 5.05. The van der Waals surface area contributed by atoms with Gasteiger partial charge < -0.3 is 5.32 Å². The molecule has 1 amide bonds. The van der Waals surface area contributed by atoms with Gasteiger partial charge in [0.15, 0.2) is 9.84 Å². The van der Waals surface area contributed by atoms with E-state index in [0.29, 0.717) is 5.69 Å². The van der Waals surface area contributed by atoms with E-state index in [4.69, 9.17) is 0 Å². The fourth-order valence-electron chi connectivity index (χ4n) is 1.61. The predicted molar refractivity (Wildman–Crippen MR) is 68.1 cm³/mol. The van der Waals surface area contributed by atoms with E-state index in [9.17, 15) is 13.2 Å². The van der Waals surface area contributed by atoms with Crippen LogP contribution in [0.1, 0.15) is 13.8 Å². The lowest BCUT2D eigenvalue weighted by Crippen LogP contribution is -2.37. The number of hydrogen-bond donors (Lipinski definition) is 1. The topological polar surface area (TPSA) is 63.2 Å². The number of sulfone groups is 1. The molecular weight excluding hydrogens is 258 g/mol. The summed E-state index contributed by atoms with van der Waals surface area (Å²) < 4.78 is 22.6. The van der Waals surface area contributed by atoms with Gasteiger partial charge in [0.2, 0.25) is 5.91 Å². The Kier molecular flexibility index (Phi) is 2.74. The average molecular weight is 271 g/mol. The zero-order valence-electron chi connectivity index (χ0n) is 9.77. The smallest absolute Gasteiger partial charge is 0.240 e. The van der Waals surface area contributed by atoms with Gasteiger partial charge in [-0.25, -0.2) is 8.42 Å². The van der Waals surface area contributed by atoms with E-state index in [1.54, 1.807) is 6.07 Å². The minimum absolute atomic E-state index is 0.173. The molecule has 4 nitrogen and oxygen atoms in total. The van der Waals surface area contributed by atoms with Gasteiger partial charge in [0.05, 0.1) is 15.3 Å². The molecule has 0 radical (unpaired) electrons. The summed E-state index contributed by atoms with van der Waals surface area (Å²) in [6, 6.07) is 5.01. The van der Waals surface area contributed by atoms with Crippen LogP contribution in [0, 0.1) is 0 Å². The third-order valence-corrected chi connectivity index (χ3v) is 4.93. The molecule has 1 aromatic rings. The van der Waals surface area contributed by atoms with E-state index in [1.807, 2.05) is 19.9 Å². The molecule has 2 rings (SSSR count). The molecule has 0 bridgehead atoms. The summed E-state index contributed by atoms with van der Waals surface area (Å²) in [5.41, 5.74) is 0.407. The number of fused-ring (bicyclic) bond motifs is 1. The summed E-state index contributed by atoms with van der Waals surface area (Å²) in [4.78, 5) is 12.8. The highest BCUT2D eigenvalue weighted by Crippen LogP contribution is 2.44. The van der Waals surface area contributed by atoms with Crippen molar-refractivity contribution in [1.29, 1.82) is 0 Å².